The molecule has 0 amide bonds. The molecule has 3 N–H and O–H groups in total. The summed E-state index contributed by atoms with van der Waals surface area (Å²) in [5.41, 5.74) is 13.4. The van der Waals surface area contributed by atoms with Crippen LogP contribution < -0.4 is 9.47 Å². The van der Waals surface area contributed by atoms with Crippen molar-refractivity contribution in [1.82, 2.24) is 64.1 Å². The first kappa shape index (κ1) is 61.0. The molecule has 0 aliphatic rings. The number of phenolic OH excluding ortho intramolecular Hbond substituents is 2. The first-order chi connectivity index (χ1) is 37.2. The van der Waals surface area contributed by atoms with E-state index < -0.39 is 5.95 Å². The van der Waals surface area contributed by atoms with Crippen LogP contribution in [0.5, 0.6) is 23.0 Å². The zero-order valence-corrected chi connectivity index (χ0v) is 49.2. The molecule has 7 aromatic heterocycles. The number of fused-ring (bicyclic) bond motifs is 6. The van der Waals surface area contributed by atoms with Crippen molar-refractivity contribution in [3.63, 3.8) is 0 Å². The highest BCUT2D eigenvalue weighted by Gasteiger charge is 2.16. The lowest BCUT2D eigenvalue weighted by molar-refractivity contribution is 0.416. The van der Waals surface area contributed by atoms with Gasteiger partial charge in [-0.05, 0) is 151 Å². The molecule has 0 aliphatic carbocycles. The van der Waals surface area contributed by atoms with E-state index >= 15 is 0 Å². The number of rotatable bonds is 2. The Hall–Kier alpha value is -8.17. The molecule has 0 radical (unpaired) electrons. The lowest BCUT2D eigenvalue weighted by Crippen LogP contribution is -1.93. The van der Waals surface area contributed by atoms with Crippen molar-refractivity contribution in [2.75, 3.05) is 14.2 Å². The second kappa shape index (κ2) is 24.9. The van der Waals surface area contributed by atoms with Crippen molar-refractivity contribution in [1.29, 1.82) is 0 Å². The fraction of sp³-hybridized carbons (Fsp3) is 0.293. The van der Waals surface area contributed by atoms with Crippen LogP contribution in [-0.4, -0.2) is 88.5 Å². The van der Waals surface area contributed by atoms with Crippen LogP contribution in [0.15, 0.2) is 71.2 Å². The zero-order valence-electron chi connectivity index (χ0n) is 46.8. The molecule has 0 saturated carbocycles. The van der Waals surface area contributed by atoms with Crippen molar-refractivity contribution in [2.45, 2.75) is 69.7 Å². The molecule has 0 aliphatic heterocycles. The van der Waals surface area contributed by atoms with E-state index in [1.54, 1.807) is 43.1 Å². The quantitative estimate of drug-likeness (QED) is 0.140. The molecular formula is C58H66BrClF3N13O4. The summed E-state index contributed by atoms with van der Waals surface area (Å²) in [7, 11) is 12.0. The number of aromatic nitrogens is 13. The topological polar surface area (TPSA) is 190 Å². The lowest BCUT2D eigenvalue weighted by Gasteiger charge is -2.03. The van der Waals surface area contributed by atoms with E-state index in [0.29, 0.717) is 44.0 Å². The number of aryl methyl sites for hydroxylation is 14. The molecule has 7 heterocycles. The molecule has 5 aromatic carbocycles. The number of ether oxygens (including phenoxy) is 2. The number of methoxy groups -OCH3 is 2. The standard InChI is InChI=1S/C11H14N2O.C10H12N2O.C9H8BrFN2O.C9H10ClN3.C9H9FN2O.C9H9FN2.CH4/c1-7-5-9-11(10(6-7)14-4)8(2)13(3)12-9;1-6-4-8-10(9(13)5-6)7(2)12(3)11-8;1-13-9(11)8-6(12-13)3-5(10)4-7(8)14-2;1-5-4-7-8(9(10)11-5)6(2)13(3)12-7;1-5-3-6-8(7(13)4-5)9(10)12(2)11-6;1-5-3-7(10)9-6(2)11-12-8(9)4-5;/h5-6H,1-4H3;4-5,13H,1-3H3;3-4H,1-2H3;4H,1-3H3;3-4,13H,1-2H3;3-4H,1-2H3,(H,11,12);1H4. The van der Waals surface area contributed by atoms with Gasteiger partial charge >= 0.3 is 0 Å². The molecule has 12 aromatic rings. The van der Waals surface area contributed by atoms with Gasteiger partial charge in [-0.2, -0.15) is 39.4 Å². The van der Waals surface area contributed by atoms with Crippen LogP contribution in [0.1, 0.15) is 58.2 Å². The van der Waals surface area contributed by atoms with E-state index in [1.165, 1.54) is 36.5 Å². The van der Waals surface area contributed by atoms with Gasteiger partial charge in [-0.25, -0.2) is 18.7 Å². The average Bonchev–Trinajstić information content (AvgIpc) is 4.27. The largest absolute Gasteiger partial charge is 0.507 e. The number of aromatic amines is 1. The van der Waals surface area contributed by atoms with Gasteiger partial charge in [-0.15, -0.1) is 0 Å². The predicted octanol–water partition coefficient (Wildman–Crippen LogP) is 13.5. The van der Waals surface area contributed by atoms with Crippen molar-refractivity contribution < 1.29 is 32.9 Å². The fourth-order valence-electron chi connectivity index (χ4n) is 8.94. The van der Waals surface area contributed by atoms with E-state index in [0.717, 1.165) is 92.8 Å². The highest BCUT2D eigenvalue weighted by atomic mass is 79.9. The van der Waals surface area contributed by atoms with E-state index in [2.05, 4.69) is 62.7 Å². The molecule has 12 rings (SSSR count). The molecule has 0 atom stereocenters. The third-order valence-electron chi connectivity index (χ3n) is 13.0. The minimum atomic E-state index is -0.507. The maximum atomic E-state index is 13.5. The third-order valence-corrected chi connectivity index (χ3v) is 13.8. The number of hydrogen-bond donors (Lipinski definition) is 3. The van der Waals surface area contributed by atoms with Gasteiger partial charge in [-0.3, -0.25) is 19.1 Å². The molecule has 422 valence electrons. The number of aromatic hydroxyl groups is 2. The Morgan fingerprint density at radius 1 is 0.475 bits per heavy atom. The lowest BCUT2D eigenvalue weighted by atomic mass is 10.1. The van der Waals surface area contributed by atoms with Gasteiger partial charge in [0.05, 0.1) is 74.1 Å². The first-order valence-electron chi connectivity index (χ1n) is 24.6. The number of benzene rings is 5. The normalized spacial score (nSPS) is 10.8. The number of pyridine rings is 1. The number of phenols is 2. The van der Waals surface area contributed by atoms with Crippen LogP contribution in [0, 0.1) is 80.0 Å². The van der Waals surface area contributed by atoms with Gasteiger partial charge in [0.1, 0.15) is 39.5 Å². The molecule has 0 fully saturated rings. The monoisotopic (exact) mass is 1180 g/mol. The second-order valence-corrected chi connectivity index (χ2v) is 20.4. The van der Waals surface area contributed by atoms with Crippen LogP contribution in [0.25, 0.3) is 65.4 Å². The van der Waals surface area contributed by atoms with Gasteiger partial charge in [0.25, 0.3) is 0 Å². The Bertz CT molecular complexity index is 3930. The van der Waals surface area contributed by atoms with Crippen LogP contribution in [0.3, 0.4) is 0 Å². The fourth-order valence-corrected chi connectivity index (χ4v) is 9.73. The van der Waals surface area contributed by atoms with Gasteiger partial charge in [0, 0.05) is 68.2 Å². The molecule has 80 heavy (non-hydrogen) atoms. The summed E-state index contributed by atoms with van der Waals surface area (Å²) in [4.78, 5) is 4.19. The highest BCUT2D eigenvalue weighted by Crippen LogP contribution is 2.33. The Morgan fingerprint density at radius 2 is 0.875 bits per heavy atom. The zero-order chi connectivity index (χ0) is 58.1. The van der Waals surface area contributed by atoms with Gasteiger partial charge in [-0.1, -0.05) is 35.0 Å². The van der Waals surface area contributed by atoms with Gasteiger partial charge in [0.2, 0.25) is 11.9 Å². The number of hydrogen-bond acceptors (Lipinski definition) is 11. The van der Waals surface area contributed by atoms with Crippen LogP contribution in [0.2, 0.25) is 5.15 Å². The Kier molecular flexibility index (Phi) is 19.0. The number of nitrogens with zero attached hydrogens (tertiary/aromatic N) is 12. The SMILES string of the molecule is C.COc1cc(Br)cc2nn(C)c(F)c12.COc1cc(C)cc2nn(C)c(C)c12.Cc1cc(F)c2c(C)[nH]nc2c1.Cc1cc(O)c2c(C)n(C)nc2c1.Cc1cc(O)c2c(F)n(C)nc2c1.Cc1cc2nn(C)c(C)c2c(Cl)n1. The Morgan fingerprint density at radius 3 is 1.43 bits per heavy atom. The number of H-pyrrole nitrogens is 1. The number of nitrogens with one attached hydrogen (secondary N) is 1. The third kappa shape index (κ3) is 12.8. The Balaban J connectivity index is 0.000000155. The van der Waals surface area contributed by atoms with E-state index in [4.69, 9.17) is 21.1 Å². The minimum absolute atomic E-state index is 0. The molecular weight excluding hydrogens is 1120 g/mol. The molecule has 22 heteroatoms. The molecule has 17 nitrogen and oxygen atoms in total. The maximum Gasteiger partial charge on any atom is 0.222 e. The smallest absolute Gasteiger partial charge is 0.222 e. The summed E-state index contributed by atoms with van der Waals surface area (Å²) in [5, 5.41) is 51.5. The van der Waals surface area contributed by atoms with Crippen LogP contribution >= 0.6 is 27.5 Å². The molecule has 0 spiro atoms. The van der Waals surface area contributed by atoms with E-state index in [-0.39, 0.29) is 30.3 Å². The first-order valence-corrected chi connectivity index (χ1v) is 25.8. The number of halogens is 5. The predicted molar refractivity (Wildman–Crippen MR) is 316 cm³/mol. The van der Waals surface area contributed by atoms with Crippen molar-refractivity contribution in [3.8, 4) is 23.0 Å². The molecule has 0 unspecified atom stereocenters. The van der Waals surface area contributed by atoms with Crippen LogP contribution in [0.4, 0.5) is 13.2 Å². The van der Waals surface area contributed by atoms with Crippen molar-refractivity contribution in [2.24, 2.45) is 35.2 Å². The van der Waals surface area contributed by atoms with Crippen molar-refractivity contribution >= 4 is 92.9 Å². The molecule has 0 bridgehead atoms. The van der Waals surface area contributed by atoms with E-state index in [9.17, 15) is 23.4 Å². The average molecular weight is 1180 g/mol. The second-order valence-electron chi connectivity index (χ2n) is 19.1. The van der Waals surface area contributed by atoms with Crippen LogP contribution in [-0.2, 0) is 35.2 Å². The van der Waals surface area contributed by atoms with E-state index in [1.807, 2.05) is 117 Å². The maximum absolute atomic E-state index is 13.5. The van der Waals surface area contributed by atoms with Gasteiger partial charge in [0.15, 0.2) is 0 Å². The van der Waals surface area contributed by atoms with Gasteiger partial charge < -0.3 is 19.7 Å². The summed E-state index contributed by atoms with van der Waals surface area (Å²) in [5.74, 6) is 0.569. The summed E-state index contributed by atoms with van der Waals surface area (Å²) in [6.45, 7) is 17.4. The molecule has 0 saturated heterocycles. The summed E-state index contributed by atoms with van der Waals surface area (Å²) in [6, 6.07) is 19.9. The van der Waals surface area contributed by atoms with Crippen molar-refractivity contribution in [3.05, 3.63) is 145 Å². The highest BCUT2D eigenvalue weighted by molar-refractivity contribution is 9.10. The summed E-state index contributed by atoms with van der Waals surface area (Å²) < 4.78 is 59.2. The minimum Gasteiger partial charge on any atom is -0.507 e. The Labute approximate surface area is 474 Å². The summed E-state index contributed by atoms with van der Waals surface area (Å²) in [6.07, 6.45) is 0. The summed E-state index contributed by atoms with van der Waals surface area (Å²) >= 11 is 9.32.